The van der Waals surface area contributed by atoms with E-state index in [4.69, 9.17) is 5.73 Å². The van der Waals surface area contributed by atoms with Crippen LogP contribution in [0.25, 0.3) is 0 Å². The summed E-state index contributed by atoms with van der Waals surface area (Å²) in [5, 5.41) is 0. The number of anilines is 1. The van der Waals surface area contributed by atoms with Crippen molar-refractivity contribution < 1.29 is 18.0 Å². The van der Waals surface area contributed by atoms with Gasteiger partial charge in [-0.2, -0.15) is 13.2 Å². The fourth-order valence-corrected chi connectivity index (χ4v) is 2.70. The third kappa shape index (κ3) is 3.26. The molecule has 0 aliphatic carbocycles. The van der Waals surface area contributed by atoms with E-state index in [2.05, 4.69) is 15.9 Å². The SMILES string of the molecule is Nc1ccc(Br)c(C(=O)N2CCC(C(F)(F)F)CC2)c1. The summed E-state index contributed by atoms with van der Waals surface area (Å²) in [6, 6.07) is 4.84. The Kier molecular flexibility index (Phi) is 4.27. The first kappa shape index (κ1) is 15.2. The maximum absolute atomic E-state index is 12.6. The lowest BCUT2D eigenvalue weighted by Crippen LogP contribution is -2.42. The molecule has 0 spiro atoms. The smallest absolute Gasteiger partial charge is 0.391 e. The van der Waals surface area contributed by atoms with Crippen molar-refractivity contribution in [1.82, 2.24) is 4.90 Å². The van der Waals surface area contributed by atoms with Gasteiger partial charge in [0, 0.05) is 23.2 Å². The van der Waals surface area contributed by atoms with Crippen LogP contribution < -0.4 is 5.73 Å². The highest BCUT2D eigenvalue weighted by molar-refractivity contribution is 9.10. The molecule has 0 atom stereocenters. The molecule has 1 heterocycles. The third-order valence-electron chi connectivity index (χ3n) is 3.47. The Balaban J connectivity index is 2.07. The summed E-state index contributed by atoms with van der Waals surface area (Å²) in [7, 11) is 0. The first-order valence-electron chi connectivity index (χ1n) is 6.20. The van der Waals surface area contributed by atoms with E-state index in [-0.39, 0.29) is 31.8 Å². The van der Waals surface area contributed by atoms with Crippen LogP contribution in [-0.2, 0) is 0 Å². The summed E-state index contributed by atoms with van der Waals surface area (Å²) >= 11 is 3.26. The fourth-order valence-electron chi connectivity index (χ4n) is 2.29. The van der Waals surface area contributed by atoms with E-state index in [1.165, 1.54) is 11.0 Å². The normalized spacial score (nSPS) is 17.3. The van der Waals surface area contributed by atoms with Gasteiger partial charge in [0.15, 0.2) is 0 Å². The highest BCUT2D eigenvalue weighted by atomic mass is 79.9. The molecule has 20 heavy (non-hydrogen) atoms. The minimum Gasteiger partial charge on any atom is -0.399 e. The number of hydrogen-bond acceptors (Lipinski definition) is 2. The zero-order valence-electron chi connectivity index (χ0n) is 10.6. The molecule has 1 saturated heterocycles. The Bertz CT molecular complexity index is 511. The van der Waals surface area contributed by atoms with Crippen LogP contribution in [0.1, 0.15) is 23.2 Å². The zero-order chi connectivity index (χ0) is 14.9. The summed E-state index contributed by atoms with van der Waals surface area (Å²) in [6.07, 6.45) is -4.27. The number of benzene rings is 1. The molecule has 0 radical (unpaired) electrons. The van der Waals surface area contributed by atoms with E-state index in [1.54, 1.807) is 12.1 Å². The van der Waals surface area contributed by atoms with Gasteiger partial charge >= 0.3 is 6.18 Å². The van der Waals surface area contributed by atoms with Crippen molar-refractivity contribution >= 4 is 27.5 Å². The molecule has 1 aliphatic heterocycles. The number of rotatable bonds is 1. The van der Waals surface area contributed by atoms with Gasteiger partial charge in [0.05, 0.1) is 11.5 Å². The predicted molar refractivity (Wildman–Crippen MR) is 73.2 cm³/mol. The molecule has 1 aliphatic rings. The number of carbonyl (C=O) groups is 1. The number of nitrogens with zero attached hydrogens (tertiary/aromatic N) is 1. The number of amides is 1. The van der Waals surface area contributed by atoms with Gasteiger partial charge in [0.2, 0.25) is 0 Å². The Morgan fingerprint density at radius 1 is 1.30 bits per heavy atom. The van der Waals surface area contributed by atoms with Crippen LogP contribution in [0.2, 0.25) is 0 Å². The molecule has 110 valence electrons. The van der Waals surface area contributed by atoms with Crippen LogP contribution in [0.15, 0.2) is 22.7 Å². The van der Waals surface area contributed by atoms with Crippen LogP contribution in [0.5, 0.6) is 0 Å². The molecule has 2 N–H and O–H groups in total. The van der Waals surface area contributed by atoms with Crippen molar-refractivity contribution in [2.45, 2.75) is 19.0 Å². The maximum Gasteiger partial charge on any atom is 0.391 e. The van der Waals surface area contributed by atoms with Gasteiger partial charge in [-0.3, -0.25) is 4.79 Å². The first-order chi connectivity index (χ1) is 9.29. The van der Waals surface area contributed by atoms with Crippen molar-refractivity contribution in [2.75, 3.05) is 18.8 Å². The molecule has 0 unspecified atom stereocenters. The molecule has 7 heteroatoms. The van der Waals surface area contributed by atoms with Crippen molar-refractivity contribution in [1.29, 1.82) is 0 Å². The van der Waals surface area contributed by atoms with Gasteiger partial charge in [-0.15, -0.1) is 0 Å². The molecular formula is C13H14BrF3N2O. The first-order valence-corrected chi connectivity index (χ1v) is 6.99. The van der Waals surface area contributed by atoms with E-state index in [9.17, 15) is 18.0 Å². The van der Waals surface area contributed by atoms with Gasteiger partial charge in [0.25, 0.3) is 5.91 Å². The highest BCUT2D eigenvalue weighted by Crippen LogP contribution is 2.34. The van der Waals surface area contributed by atoms with Crippen LogP contribution in [0.4, 0.5) is 18.9 Å². The largest absolute Gasteiger partial charge is 0.399 e. The second-order valence-electron chi connectivity index (χ2n) is 4.85. The monoisotopic (exact) mass is 350 g/mol. The summed E-state index contributed by atoms with van der Waals surface area (Å²) in [4.78, 5) is 13.7. The number of nitrogens with two attached hydrogens (primary N) is 1. The third-order valence-corrected chi connectivity index (χ3v) is 4.16. The van der Waals surface area contributed by atoms with Gasteiger partial charge in [-0.25, -0.2) is 0 Å². The molecule has 1 aromatic carbocycles. The Morgan fingerprint density at radius 3 is 2.45 bits per heavy atom. The van der Waals surface area contributed by atoms with E-state index >= 15 is 0 Å². The molecule has 1 fully saturated rings. The predicted octanol–water partition coefficient (Wildman–Crippen LogP) is 3.45. The standard InChI is InChI=1S/C13H14BrF3N2O/c14-11-2-1-9(18)7-10(11)12(20)19-5-3-8(4-6-19)13(15,16)17/h1-2,7-8H,3-6,18H2. The Hall–Kier alpha value is -1.24. The van der Waals surface area contributed by atoms with Gasteiger partial charge in [0.1, 0.15) is 0 Å². The molecule has 1 aromatic rings. The van der Waals surface area contributed by atoms with Crippen molar-refractivity contribution in [2.24, 2.45) is 5.92 Å². The van der Waals surface area contributed by atoms with E-state index in [0.29, 0.717) is 15.7 Å². The van der Waals surface area contributed by atoms with Gasteiger partial charge in [-0.1, -0.05) is 0 Å². The van der Waals surface area contributed by atoms with Crippen LogP contribution >= 0.6 is 15.9 Å². The summed E-state index contributed by atoms with van der Waals surface area (Å²) in [5.74, 6) is -1.60. The summed E-state index contributed by atoms with van der Waals surface area (Å²) in [6.45, 7) is 0.231. The number of carbonyl (C=O) groups excluding carboxylic acids is 1. The average molecular weight is 351 g/mol. The van der Waals surface area contributed by atoms with Crippen molar-refractivity contribution in [3.63, 3.8) is 0 Å². The summed E-state index contributed by atoms with van der Waals surface area (Å²) in [5.41, 5.74) is 6.46. The quantitative estimate of drug-likeness (QED) is 0.788. The van der Waals surface area contributed by atoms with Gasteiger partial charge in [-0.05, 0) is 47.0 Å². The number of likely N-dealkylation sites (tertiary alicyclic amines) is 1. The Labute approximate surface area is 123 Å². The van der Waals surface area contributed by atoms with Crippen molar-refractivity contribution in [3.8, 4) is 0 Å². The molecule has 1 amide bonds. The fraction of sp³-hybridized carbons (Fsp3) is 0.462. The molecular weight excluding hydrogens is 337 g/mol. The van der Waals surface area contributed by atoms with Crippen LogP contribution in [0.3, 0.4) is 0 Å². The number of alkyl halides is 3. The van der Waals surface area contributed by atoms with E-state index < -0.39 is 12.1 Å². The number of nitrogen functional groups attached to an aromatic ring is 1. The molecule has 3 nitrogen and oxygen atoms in total. The minimum atomic E-state index is -4.17. The minimum absolute atomic E-state index is 0.0465. The van der Waals surface area contributed by atoms with E-state index in [0.717, 1.165) is 0 Å². The lowest BCUT2D eigenvalue weighted by Gasteiger charge is -2.33. The maximum atomic E-state index is 12.6. The topological polar surface area (TPSA) is 46.3 Å². The number of hydrogen-bond donors (Lipinski definition) is 1. The molecule has 0 aromatic heterocycles. The second-order valence-corrected chi connectivity index (χ2v) is 5.70. The molecule has 0 bridgehead atoms. The number of halogens is 4. The highest BCUT2D eigenvalue weighted by Gasteiger charge is 2.41. The lowest BCUT2D eigenvalue weighted by atomic mass is 9.96. The average Bonchev–Trinajstić information content (AvgIpc) is 2.40. The number of piperidine rings is 1. The lowest BCUT2D eigenvalue weighted by molar-refractivity contribution is -0.183. The summed E-state index contributed by atoms with van der Waals surface area (Å²) < 4.78 is 38.3. The molecule has 0 saturated carbocycles. The van der Waals surface area contributed by atoms with Crippen molar-refractivity contribution in [3.05, 3.63) is 28.2 Å². The van der Waals surface area contributed by atoms with E-state index in [1.807, 2.05) is 0 Å². The van der Waals surface area contributed by atoms with Crippen LogP contribution in [-0.4, -0.2) is 30.1 Å². The van der Waals surface area contributed by atoms with Crippen LogP contribution in [0, 0.1) is 5.92 Å². The second kappa shape index (κ2) is 5.63. The Morgan fingerprint density at radius 2 is 1.90 bits per heavy atom. The van der Waals surface area contributed by atoms with Gasteiger partial charge < -0.3 is 10.6 Å². The molecule has 2 rings (SSSR count). The zero-order valence-corrected chi connectivity index (χ0v) is 12.2.